The van der Waals surface area contributed by atoms with Crippen LogP contribution in [0.15, 0.2) is 35.1 Å². The van der Waals surface area contributed by atoms with Gasteiger partial charge >= 0.3 is 0 Å². The fourth-order valence-corrected chi connectivity index (χ4v) is 2.36. The van der Waals surface area contributed by atoms with Crippen LogP contribution in [-0.4, -0.2) is 28.8 Å². The molecular formula is C18H25N3O3. The average molecular weight is 331 g/mol. The van der Waals surface area contributed by atoms with Crippen molar-refractivity contribution >= 4 is 5.91 Å². The molecule has 1 aromatic heterocycles. The van der Waals surface area contributed by atoms with E-state index >= 15 is 0 Å². The first-order chi connectivity index (χ1) is 11.5. The molecule has 1 heterocycles. The van der Waals surface area contributed by atoms with Crippen LogP contribution in [0.4, 0.5) is 0 Å². The molecule has 0 saturated carbocycles. The quantitative estimate of drug-likeness (QED) is 0.761. The number of amides is 1. The normalized spacial score (nSPS) is 12.2. The molecule has 1 N–H and O–H groups in total. The Morgan fingerprint density at radius 3 is 2.58 bits per heavy atom. The van der Waals surface area contributed by atoms with Crippen molar-refractivity contribution in [1.29, 1.82) is 0 Å². The van der Waals surface area contributed by atoms with Gasteiger partial charge in [-0.05, 0) is 43.5 Å². The lowest BCUT2D eigenvalue weighted by molar-refractivity contribution is -0.123. The summed E-state index contributed by atoms with van der Waals surface area (Å²) < 4.78 is 10.6. The SMILES string of the molecule is CC(C)CCC[C@H](C)NC(=O)COc1ccc(-c2nnco2)cc1. The standard InChI is InChI=1S/C18H25N3O3/c1-13(2)5-4-6-14(3)20-17(22)11-23-16-9-7-15(8-10-16)18-21-19-12-24-18/h7-10,12-14H,4-6,11H2,1-3H3,(H,20,22)/t14-/m0/s1. The van der Waals surface area contributed by atoms with E-state index in [9.17, 15) is 4.79 Å². The van der Waals surface area contributed by atoms with Gasteiger partial charge in [0.2, 0.25) is 12.3 Å². The van der Waals surface area contributed by atoms with Gasteiger partial charge in [0.05, 0.1) is 0 Å². The van der Waals surface area contributed by atoms with Gasteiger partial charge in [-0.3, -0.25) is 4.79 Å². The summed E-state index contributed by atoms with van der Waals surface area (Å²) in [4.78, 5) is 11.9. The molecule has 0 aliphatic heterocycles. The van der Waals surface area contributed by atoms with E-state index in [2.05, 4.69) is 29.4 Å². The Labute approximate surface area is 142 Å². The molecule has 1 amide bonds. The molecule has 0 radical (unpaired) electrons. The van der Waals surface area contributed by atoms with E-state index in [4.69, 9.17) is 9.15 Å². The first-order valence-electron chi connectivity index (χ1n) is 8.33. The predicted molar refractivity (Wildman–Crippen MR) is 91.5 cm³/mol. The third-order valence-electron chi connectivity index (χ3n) is 3.66. The highest BCUT2D eigenvalue weighted by atomic mass is 16.5. The Balaban J connectivity index is 1.71. The van der Waals surface area contributed by atoms with Crippen LogP contribution in [0, 0.1) is 5.92 Å². The molecule has 2 rings (SSSR count). The van der Waals surface area contributed by atoms with Crippen molar-refractivity contribution in [2.75, 3.05) is 6.61 Å². The summed E-state index contributed by atoms with van der Waals surface area (Å²) in [5, 5.41) is 10.4. The van der Waals surface area contributed by atoms with E-state index < -0.39 is 0 Å². The molecule has 0 bridgehead atoms. The first kappa shape index (κ1) is 18.0. The lowest BCUT2D eigenvalue weighted by Crippen LogP contribution is -2.36. The highest BCUT2D eigenvalue weighted by molar-refractivity contribution is 5.77. The topological polar surface area (TPSA) is 77.2 Å². The molecule has 0 aliphatic rings. The number of rotatable bonds is 9. The largest absolute Gasteiger partial charge is 0.484 e. The van der Waals surface area contributed by atoms with Crippen LogP contribution in [0.25, 0.3) is 11.5 Å². The van der Waals surface area contributed by atoms with Gasteiger partial charge in [0.25, 0.3) is 5.91 Å². The molecule has 1 aromatic carbocycles. The number of carbonyl (C=O) groups is 1. The Morgan fingerprint density at radius 2 is 1.96 bits per heavy atom. The van der Waals surface area contributed by atoms with E-state index in [-0.39, 0.29) is 18.6 Å². The van der Waals surface area contributed by atoms with Crippen LogP contribution in [0.2, 0.25) is 0 Å². The highest BCUT2D eigenvalue weighted by Gasteiger charge is 2.09. The molecule has 0 spiro atoms. The van der Waals surface area contributed by atoms with Crippen LogP contribution >= 0.6 is 0 Å². The van der Waals surface area contributed by atoms with E-state index in [1.54, 1.807) is 12.1 Å². The van der Waals surface area contributed by atoms with Gasteiger partial charge in [-0.25, -0.2) is 0 Å². The smallest absolute Gasteiger partial charge is 0.258 e. The number of hydrogen-bond donors (Lipinski definition) is 1. The van der Waals surface area contributed by atoms with Crippen LogP contribution in [0.1, 0.15) is 40.0 Å². The highest BCUT2D eigenvalue weighted by Crippen LogP contribution is 2.20. The zero-order valence-corrected chi connectivity index (χ0v) is 14.5. The second-order valence-corrected chi connectivity index (χ2v) is 6.35. The van der Waals surface area contributed by atoms with Crippen molar-refractivity contribution in [2.24, 2.45) is 5.92 Å². The minimum atomic E-state index is -0.104. The van der Waals surface area contributed by atoms with Gasteiger partial charge < -0.3 is 14.5 Å². The summed E-state index contributed by atoms with van der Waals surface area (Å²) in [6, 6.07) is 7.35. The van der Waals surface area contributed by atoms with Crippen molar-refractivity contribution in [1.82, 2.24) is 15.5 Å². The van der Waals surface area contributed by atoms with E-state index in [1.165, 1.54) is 12.8 Å². The van der Waals surface area contributed by atoms with Crippen molar-refractivity contribution < 1.29 is 13.9 Å². The van der Waals surface area contributed by atoms with Crippen LogP contribution in [0.5, 0.6) is 5.75 Å². The maximum atomic E-state index is 11.9. The van der Waals surface area contributed by atoms with Gasteiger partial charge in [-0.1, -0.05) is 26.7 Å². The number of nitrogens with one attached hydrogen (secondary N) is 1. The minimum Gasteiger partial charge on any atom is -0.484 e. The van der Waals surface area contributed by atoms with Gasteiger partial charge in [-0.2, -0.15) is 0 Å². The van der Waals surface area contributed by atoms with E-state index in [1.807, 2.05) is 19.1 Å². The summed E-state index contributed by atoms with van der Waals surface area (Å²) in [6.07, 6.45) is 4.58. The zero-order chi connectivity index (χ0) is 17.4. The second-order valence-electron chi connectivity index (χ2n) is 6.35. The monoisotopic (exact) mass is 331 g/mol. The molecule has 2 aromatic rings. The fraction of sp³-hybridized carbons (Fsp3) is 0.500. The van der Waals surface area contributed by atoms with E-state index in [0.29, 0.717) is 17.6 Å². The molecule has 0 fully saturated rings. The predicted octanol–water partition coefficient (Wildman–Crippen LogP) is 3.45. The molecular weight excluding hydrogens is 306 g/mol. The second kappa shape index (κ2) is 9.05. The Hall–Kier alpha value is -2.37. The van der Waals surface area contributed by atoms with Gasteiger partial charge in [0, 0.05) is 11.6 Å². The first-order valence-corrected chi connectivity index (χ1v) is 8.33. The summed E-state index contributed by atoms with van der Waals surface area (Å²) >= 11 is 0. The van der Waals surface area contributed by atoms with Crippen molar-refractivity contribution in [2.45, 2.75) is 46.1 Å². The summed E-state index contributed by atoms with van der Waals surface area (Å²) in [5.74, 6) is 1.68. The van der Waals surface area contributed by atoms with Crippen molar-refractivity contribution in [3.8, 4) is 17.2 Å². The molecule has 6 heteroatoms. The maximum absolute atomic E-state index is 11.9. The van der Waals surface area contributed by atoms with Crippen LogP contribution < -0.4 is 10.1 Å². The number of benzene rings is 1. The third kappa shape index (κ3) is 6.02. The van der Waals surface area contributed by atoms with Gasteiger partial charge in [0.1, 0.15) is 5.75 Å². The number of aromatic nitrogens is 2. The Bertz CT molecular complexity index is 609. The number of carbonyl (C=O) groups excluding carboxylic acids is 1. The maximum Gasteiger partial charge on any atom is 0.258 e. The number of nitrogens with zero attached hydrogens (tertiary/aromatic N) is 2. The molecule has 0 saturated heterocycles. The lowest BCUT2D eigenvalue weighted by atomic mass is 10.0. The fourth-order valence-electron chi connectivity index (χ4n) is 2.36. The van der Waals surface area contributed by atoms with Gasteiger partial charge in [0.15, 0.2) is 6.61 Å². The van der Waals surface area contributed by atoms with Gasteiger partial charge in [-0.15, -0.1) is 10.2 Å². The van der Waals surface area contributed by atoms with E-state index in [0.717, 1.165) is 18.4 Å². The molecule has 1 atom stereocenters. The molecule has 24 heavy (non-hydrogen) atoms. The Kier molecular flexibility index (Phi) is 6.78. The molecule has 6 nitrogen and oxygen atoms in total. The minimum absolute atomic E-state index is 0.00836. The summed E-state index contributed by atoms with van der Waals surface area (Å²) in [5.41, 5.74) is 0.808. The summed E-state index contributed by atoms with van der Waals surface area (Å²) in [6.45, 7) is 6.45. The third-order valence-corrected chi connectivity index (χ3v) is 3.66. The lowest BCUT2D eigenvalue weighted by Gasteiger charge is -2.15. The zero-order valence-electron chi connectivity index (χ0n) is 14.5. The molecule has 0 unspecified atom stereocenters. The number of ether oxygens (including phenoxy) is 1. The number of hydrogen-bond acceptors (Lipinski definition) is 5. The average Bonchev–Trinajstić information content (AvgIpc) is 3.07. The van der Waals surface area contributed by atoms with Crippen LogP contribution in [-0.2, 0) is 4.79 Å². The van der Waals surface area contributed by atoms with Crippen molar-refractivity contribution in [3.05, 3.63) is 30.7 Å². The summed E-state index contributed by atoms with van der Waals surface area (Å²) in [7, 11) is 0. The van der Waals surface area contributed by atoms with Crippen LogP contribution in [0.3, 0.4) is 0 Å². The molecule has 130 valence electrons. The van der Waals surface area contributed by atoms with Crippen molar-refractivity contribution in [3.63, 3.8) is 0 Å². The Morgan fingerprint density at radius 1 is 1.21 bits per heavy atom. The molecule has 0 aliphatic carbocycles.